The molecule has 1 unspecified atom stereocenters. The standard InChI is InChI=1S/C14H20N4/c1-4-6-17-7-5-11(2)13-14(17)18-10-16(3)9-12(18)8-15-13/h5,7-9,11H,4,6,10H2,1-3H3. The van der Waals surface area contributed by atoms with Gasteiger partial charge >= 0.3 is 0 Å². The summed E-state index contributed by atoms with van der Waals surface area (Å²) in [5.41, 5.74) is 2.39. The summed E-state index contributed by atoms with van der Waals surface area (Å²) in [5.74, 6) is 1.67. The molecule has 0 aromatic carbocycles. The Morgan fingerprint density at radius 3 is 3.06 bits per heavy atom. The third-order valence-electron chi connectivity index (χ3n) is 3.57. The first-order chi connectivity index (χ1) is 8.70. The van der Waals surface area contributed by atoms with E-state index in [-0.39, 0.29) is 0 Å². The molecule has 0 spiro atoms. The van der Waals surface area contributed by atoms with Gasteiger partial charge in [-0.3, -0.25) is 4.99 Å². The molecule has 0 N–H and O–H groups in total. The Hall–Kier alpha value is -1.71. The molecule has 18 heavy (non-hydrogen) atoms. The van der Waals surface area contributed by atoms with Crippen LogP contribution in [0.25, 0.3) is 0 Å². The van der Waals surface area contributed by atoms with Gasteiger partial charge in [-0.25, -0.2) is 0 Å². The van der Waals surface area contributed by atoms with Crippen molar-refractivity contribution >= 4 is 6.21 Å². The van der Waals surface area contributed by atoms with E-state index in [2.05, 4.69) is 59.1 Å². The number of aliphatic imine (C=N–C) groups is 1. The van der Waals surface area contributed by atoms with Crippen LogP contribution in [0.1, 0.15) is 20.3 Å². The Morgan fingerprint density at radius 1 is 1.44 bits per heavy atom. The Morgan fingerprint density at radius 2 is 2.28 bits per heavy atom. The fraction of sp³-hybridized carbons (Fsp3) is 0.500. The zero-order valence-electron chi connectivity index (χ0n) is 11.3. The van der Waals surface area contributed by atoms with Crippen LogP contribution in [-0.4, -0.2) is 41.2 Å². The normalized spacial score (nSPS) is 25.6. The third kappa shape index (κ3) is 1.64. The maximum absolute atomic E-state index is 4.67. The molecule has 3 aliphatic rings. The minimum atomic E-state index is 0.400. The first-order valence-corrected chi connectivity index (χ1v) is 6.63. The molecule has 0 bridgehead atoms. The van der Waals surface area contributed by atoms with Gasteiger partial charge in [0.1, 0.15) is 5.82 Å². The molecule has 0 aromatic rings. The second kappa shape index (κ2) is 4.19. The average Bonchev–Trinajstić information content (AvgIpc) is 2.73. The van der Waals surface area contributed by atoms with Crippen molar-refractivity contribution in [3.05, 3.63) is 35.7 Å². The summed E-state index contributed by atoms with van der Waals surface area (Å²) in [5, 5.41) is 0. The van der Waals surface area contributed by atoms with E-state index >= 15 is 0 Å². The van der Waals surface area contributed by atoms with Gasteiger partial charge < -0.3 is 14.7 Å². The number of fused-ring (bicyclic) bond motifs is 2. The molecule has 1 atom stereocenters. The molecule has 96 valence electrons. The summed E-state index contributed by atoms with van der Waals surface area (Å²) in [6.07, 6.45) is 9.73. The highest BCUT2D eigenvalue weighted by molar-refractivity contribution is 5.81. The highest BCUT2D eigenvalue weighted by Gasteiger charge is 2.32. The topological polar surface area (TPSA) is 22.1 Å². The molecule has 0 saturated heterocycles. The van der Waals surface area contributed by atoms with Crippen LogP contribution in [0.15, 0.2) is 40.7 Å². The number of hydrogen-bond acceptors (Lipinski definition) is 4. The van der Waals surface area contributed by atoms with Crippen LogP contribution < -0.4 is 0 Å². The van der Waals surface area contributed by atoms with E-state index in [9.17, 15) is 0 Å². The van der Waals surface area contributed by atoms with Gasteiger partial charge in [0.15, 0.2) is 0 Å². The first-order valence-electron chi connectivity index (χ1n) is 6.63. The molecule has 4 nitrogen and oxygen atoms in total. The van der Waals surface area contributed by atoms with Gasteiger partial charge in [-0.05, 0) is 6.42 Å². The largest absolute Gasteiger partial charge is 0.361 e. The van der Waals surface area contributed by atoms with Crippen LogP contribution >= 0.6 is 0 Å². The highest BCUT2D eigenvalue weighted by atomic mass is 15.4. The molecule has 0 radical (unpaired) electrons. The van der Waals surface area contributed by atoms with E-state index in [1.807, 2.05) is 6.21 Å². The Kier molecular flexibility index (Phi) is 2.65. The van der Waals surface area contributed by atoms with Gasteiger partial charge in [0.05, 0.1) is 24.3 Å². The van der Waals surface area contributed by atoms with Gasteiger partial charge in [0.2, 0.25) is 0 Å². The molecule has 0 amide bonds. The van der Waals surface area contributed by atoms with Gasteiger partial charge in [-0.15, -0.1) is 0 Å². The van der Waals surface area contributed by atoms with Gasteiger partial charge in [0.25, 0.3) is 0 Å². The minimum absolute atomic E-state index is 0.400. The number of rotatable bonds is 2. The predicted molar refractivity (Wildman–Crippen MR) is 73.4 cm³/mol. The molecule has 0 aromatic heterocycles. The molecule has 0 aliphatic carbocycles. The van der Waals surface area contributed by atoms with E-state index in [0.29, 0.717) is 5.92 Å². The molecular formula is C14H20N4. The van der Waals surface area contributed by atoms with Crippen LogP contribution in [-0.2, 0) is 0 Å². The third-order valence-corrected chi connectivity index (χ3v) is 3.57. The molecule has 3 heterocycles. The van der Waals surface area contributed by atoms with Crippen molar-refractivity contribution in [1.29, 1.82) is 0 Å². The van der Waals surface area contributed by atoms with Gasteiger partial charge in [-0.1, -0.05) is 19.9 Å². The number of nitrogens with zero attached hydrogens (tertiary/aromatic N) is 4. The summed E-state index contributed by atoms with van der Waals surface area (Å²) < 4.78 is 0. The van der Waals surface area contributed by atoms with Crippen LogP contribution in [0, 0.1) is 5.92 Å². The van der Waals surface area contributed by atoms with Crippen molar-refractivity contribution < 1.29 is 0 Å². The molecule has 0 fully saturated rings. The lowest BCUT2D eigenvalue weighted by Gasteiger charge is -2.38. The molecule has 0 saturated carbocycles. The van der Waals surface area contributed by atoms with E-state index in [4.69, 9.17) is 0 Å². The first kappa shape index (κ1) is 11.4. The van der Waals surface area contributed by atoms with Crippen molar-refractivity contribution in [3.8, 4) is 0 Å². The lowest BCUT2D eigenvalue weighted by molar-refractivity contribution is 0.251. The fourth-order valence-corrected chi connectivity index (χ4v) is 2.70. The molecular weight excluding hydrogens is 224 g/mol. The fourth-order valence-electron chi connectivity index (χ4n) is 2.70. The SMILES string of the molecule is CCCN1C=CC(C)C2=C1N1CN(C)C=C1C=N2. The van der Waals surface area contributed by atoms with Crippen LogP contribution in [0.4, 0.5) is 0 Å². The number of hydrogen-bond donors (Lipinski definition) is 0. The van der Waals surface area contributed by atoms with E-state index in [1.165, 1.54) is 17.2 Å². The lowest BCUT2D eigenvalue weighted by atomic mass is 10.0. The Balaban J connectivity index is 2.00. The second-order valence-corrected chi connectivity index (χ2v) is 5.17. The van der Waals surface area contributed by atoms with Crippen molar-refractivity contribution in [1.82, 2.24) is 14.7 Å². The smallest absolute Gasteiger partial charge is 0.137 e. The quantitative estimate of drug-likeness (QED) is 0.743. The highest BCUT2D eigenvalue weighted by Crippen LogP contribution is 2.35. The minimum Gasteiger partial charge on any atom is -0.361 e. The summed E-state index contributed by atoms with van der Waals surface area (Å²) in [4.78, 5) is 11.6. The van der Waals surface area contributed by atoms with Crippen molar-refractivity contribution in [2.45, 2.75) is 20.3 Å². The summed E-state index contributed by atoms with van der Waals surface area (Å²) in [6, 6.07) is 0. The molecule has 3 rings (SSSR count). The maximum Gasteiger partial charge on any atom is 0.137 e. The Labute approximate surface area is 109 Å². The maximum atomic E-state index is 4.67. The average molecular weight is 244 g/mol. The van der Waals surface area contributed by atoms with E-state index in [1.54, 1.807) is 0 Å². The van der Waals surface area contributed by atoms with Crippen molar-refractivity contribution in [2.75, 3.05) is 20.3 Å². The Bertz CT molecular complexity index is 472. The van der Waals surface area contributed by atoms with E-state index < -0.39 is 0 Å². The zero-order chi connectivity index (χ0) is 12.7. The molecule has 4 heteroatoms. The summed E-state index contributed by atoms with van der Waals surface area (Å²) in [6.45, 7) is 6.39. The lowest BCUT2D eigenvalue weighted by Crippen LogP contribution is -2.38. The van der Waals surface area contributed by atoms with Crippen LogP contribution in [0.3, 0.4) is 0 Å². The van der Waals surface area contributed by atoms with Crippen molar-refractivity contribution in [2.24, 2.45) is 10.9 Å². The zero-order valence-corrected chi connectivity index (χ0v) is 11.3. The number of allylic oxidation sites excluding steroid dienone is 2. The van der Waals surface area contributed by atoms with Gasteiger partial charge in [-0.2, -0.15) is 0 Å². The summed E-state index contributed by atoms with van der Waals surface area (Å²) in [7, 11) is 2.10. The monoisotopic (exact) mass is 244 g/mol. The van der Waals surface area contributed by atoms with E-state index in [0.717, 1.165) is 19.6 Å². The van der Waals surface area contributed by atoms with Crippen LogP contribution in [0.2, 0.25) is 0 Å². The van der Waals surface area contributed by atoms with Crippen LogP contribution in [0.5, 0.6) is 0 Å². The second-order valence-electron chi connectivity index (χ2n) is 5.17. The van der Waals surface area contributed by atoms with Crippen molar-refractivity contribution in [3.63, 3.8) is 0 Å². The predicted octanol–water partition coefficient (Wildman–Crippen LogP) is 2.16. The summed E-state index contributed by atoms with van der Waals surface area (Å²) >= 11 is 0. The molecule has 3 aliphatic heterocycles. The van der Waals surface area contributed by atoms with Gasteiger partial charge in [0, 0.05) is 31.9 Å².